The predicted octanol–water partition coefficient (Wildman–Crippen LogP) is 7.28. The molecule has 0 N–H and O–H groups in total. The molecule has 4 nitrogen and oxygen atoms in total. The van der Waals surface area contributed by atoms with Gasteiger partial charge in [-0.2, -0.15) is 0 Å². The van der Waals surface area contributed by atoms with Crippen molar-refractivity contribution in [3.8, 4) is 17.1 Å². The second kappa shape index (κ2) is 6.79. The molecule has 0 aliphatic carbocycles. The summed E-state index contributed by atoms with van der Waals surface area (Å²) < 4.78 is 8.57. The lowest BCUT2D eigenvalue weighted by atomic mass is 9.91. The highest BCUT2D eigenvalue weighted by molar-refractivity contribution is 6.09. The molecule has 6 rings (SSSR count). The van der Waals surface area contributed by atoms with Crippen molar-refractivity contribution >= 4 is 33.0 Å². The van der Waals surface area contributed by atoms with Gasteiger partial charge in [-0.1, -0.05) is 69.3 Å². The Bertz CT molecular complexity index is 1600. The highest BCUT2D eigenvalue weighted by Gasteiger charge is 2.25. The normalized spacial score (nSPS) is 12.2. The van der Waals surface area contributed by atoms with Crippen LogP contribution in [0.15, 0.2) is 89.5 Å². The number of hydrogen-bond donors (Lipinski definition) is 0. The van der Waals surface area contributed by atoms with Gasteiger partial charge in [-0.15, -0.1) is 0 Å². The number of furan rings is 1. The van der Waals surface area contributed by atoms with E-state index in [1.165, 1.54) is 0 Å². The molecule has 0 spiro atoms. The first-order chi connectivity index (χ1) is 15.5. The predicted molar refractivity (Wildman–Crippen MR) is 130 cm³/mol. The van der Waals surface area contributed by atoms with E-state index in [4.69, 9.17) is 14.4 Å². The van der Waals surface area contributed by atoms with Crippen LogP contribution in [0.1, 0.15) is 26.5 Å². The van der Waals surface area contributed by atoms with Gasteiger partial charge in [0, 0.05) is 28.1 Å². The van der Waals surface area contributed by atoms with Crippen molar-refractivity contribution in [1.29, 1.82) is 0 Å². The summed E-state index contributed by atoms with van der Waals surface area (Å²) in [5.74, 6) is 0.856. The van der Waals surface area contributed by atoms with Gasteiger partial charge in [0.05, 0.1) is 16.8 Å². The monoisotopic (exact) mass is 417 g/mol. The first-order valence-electron chi connectivity index (χ1n) is 10.9. The van der Waals surface area contributed by atoms with E-state index < -0.39 is 0 Å². The Morgan fingerprint density at radius 3 is 2.34 bits per heavy atom. The Morgan fingerprint density at radius 1 is 0.781 bits per heavy atom. The number of imidazole rings is 1. The zero-order valence-electron chi connectivity index (χ0n) is 18.3. The summed E-state index contributed by atoms with van der Waals surface area (Å²) in [5, 5.41) is 2.21. The maximum atomic E-state index is 6.35. The highest BCUT2D eigenvalue weighted by Crippen LogP contribution is 2.39. The average molecular weight is 418 g/mol. The number of nitrogens with zero attached hydrogens (tertiary/aromatic N) is 3. The number of fused-ring (bicyclic) bond motifs is 4. The Kier molecular flexibility index (Phi) is 3.99. The Labute approximate surface area is 186 Å². The molecule has 0 aliphatic rings. The third-order valence-corrected chi connectivity index (χ3v) is 5.94. The van der Waals surface area contributed by atoms with E-state index in [0.717, 1.165) is 55.7 Å². The molecule has 0 unspecified atom stereocenters. The van der Waals surface area contributed by atoms with Crippen LogP contribution in [0.4, 0.5) is 0 Å². The minimum absolute atomic E-state index is 0.127. The van der Waals surface area contributed by atoms with Gasteiger partial charge in [-0.25, -0.2) is 4.98 Å². The minimum atomic E-state index is -0.127. The van der Waals surface area contributed by atoms with E-state index in [1.54, 1.807) is 0 Å². The Hall–Kier alpha value is -3.92. The second-order valence-corrected chi connectivity index (χ2v) is 9.16. The topological polar surface area (TPSA) is 43.9 Å². The molecule has 0 saturated heterocycles. The third-order valence-electron chi connectivity index (χ3n) is 5.94. The minimum Gasteiger partial charge on any atom is -0.455 e. The van der Waals surface area contributed by atoms with E-state index in [-0.39, 0.29) is 5.41 Å². The van der Waals surface area contributed by atoms with E-state index >= 15 is 0 Å². The maximum Gasteiger partial charge on any atom is 0.149 e. The number of para-hydroxylation sites is 3. The number of pyridine rings is 1. The summed E-state index contributed by atoms with van der Waals surface area (Å²) in [5.41, 5.74) is 6.59. The molecule has 0 amide bonds. The Balaban J connectivity index is 1.75. The van der Waals surface area contributed by atoms with Crippen molar-refractivity contribution in [2.24, 2.45) is 0 Å². The van der Waals surface area contributed by atoms with Gasteiger partial charge < -0.3 is 4.42 Å². The fourth-order valence-corrected chi connectivity index (χ4v) is 4.50. The molecule has 156 valence electrons. The molecule has 0 fully saturated rings. The van der Waals surface area contributed by atoms with Crippen molar-refractivity contribution in [3.05, 3.63) is 90.8 Å². The molecule has 4 heteroatoms. The lowest BCUT2D eigenvalue weighted by molar-refractivity contribution is 0.574. The zero-order chi connectivity index (χ0) is 21.9. The molecule has 0 bridgehead atoms. The molecule has 6 aromatic rings. The van der Waals surface area contributed by atoms with E-state index in [1.807, 2.05) is 36.5 Å². The summed E-state index contributed by atoms with van der Waals surface area (Å²) >= 11 is 0. The lowest BCUT2D eigenvalue weighted by Gasteiger charge is -2.17. The van der Waals surface area contributed by atoms with Crippen molar-refractivity contribution in [2.45, 2.75) is 26.2 Å². The molecular formula is C28H23N3O. The fraction of sp³-hybridized carbons (Fsp3) is 0.143. The van der Waals surface area contributed by atoms with E-state index in [0.29, 0.717) is 0 Å². The van der Waals surface area contributed by atoms with E-state index in [2.05, 4.69) is 73.9 Å². The van der Waals surface area contributed by atoms with Crippen LogP contribution in [0.3, 0.4) is 0 Å². The third kappa shape index (κ3) is 2.76. The van der Waals surface area contributed by atoms with Gasteiger partial charge in [0.2, 0.25) is 0 Å². The van der Waals surface area contributed by atoms with Crippen LogP contribution in [0.2, 0.25) is 0 Å². The quantitative estimate of drug-likeness (QED) is 0.297. The van der Waals surface area contributed by atoms with Crippen LogP contribution in [-0.2, 0) is 5.41 Å². The summed E-state index contributed by atoms with van der Waals surface area (Å²) in [7, 11) is 0. The van der Waals surface area contributed by atoms with Crippen molar-refractivity contribution in [3.63, 3.8) is 0 Å². The van der Waals surface area contributed by atoms with Gasteiger partial charge in [0.25, 0.3) is 0 Å². The van der Waals surface area contributed by atoms with Crippen molar-refractivity contribution < 1.29 is 4.42 Å². The first-order valence-corrected chi connectivity index (χ1v) is 10.9. The van der Waals surface area contributed by atoms with Crippen LogP contribution in [0.5, 0.6) is 0 Å². The Morgan fingerprint density at radius 2 is 1.53 bits per heavy atom. The summed E-state index contributed by atoms with van der Waals surface area (Å²) in [6, 6.07) is 26.9. The van der Waals surface area contributed by atoms with Gasteiger partial charge in [-0.05, 0) is 30.3 Å². The van der Waals surface area contributed by atoms with Gasteiger partial charge >= 0.3 is 0 Å². The molecule has 32 heavy (non-hydrogen) atoms. The van der Waals surface area contributed by atoms with Crippen LogP contribution < -0.4 is 0 Å². The second-order valence-electron chi connectivity index (χ2n) is 9.16. The molecular weight excluding hydrogens is 394 g/mol. The van der Waals surface area contributed by atoms with E-state index in [9.17, 15) is 0 Å². The maximum absolute atomic E-state index is 6.35. The summed E-state index contributed by atoms with van der Waals surface area (Å²) in [4.78, 5) is 9.90. The molecule has 0 saturated carbocycles. The largest absolute Gasteiger partial charge is 0.455 e. The molecule has 3 heterocycles. The molecule has 0 atom stereocenters. The smallest absolute Gasteiger partial charge is 0.149 e. The van der Waals surface area contributed by atoms with Crippen LogP contribution in [0, 0.1) is 0 Å². The van der Waals surface area contributed by atoms with Gasteiger partial charge in [0.15, 0.2) is 0 Å². The number of rotatable bonds is 2. The molecule has 0 radical (unpaired) electrons. The number of aromatic nitrogens is 3. The summed E-state index contributed by atoms with van der Waals surface area (Å²) in [6.07, 6.45) is 1.88. The first kappa shape index (κ1) is 18.8. The number of benzene rings is 3. The van der Waals surface area contributed by atoms with Gasteiger partial charge in [0.1, 0.15) is 22.5 Å². The number of hydrogen-bond acceptors (Lipinski definition) is 3. The standard InChI is InChI=1S/C28H23N3O/c1-28(2,3)26-24-22(16-17-29-26)31(18-10-5-4-6-11-18)27(30-24)21-14-9-13-20-19-12-7-8-15-23(19)32-25(20)21/h4-17H,1-3H3. The van der Waals surface area contributed by atoms with Gasteiger partial charge in [-0.3, -0.25) is 9.55 Å². The van der Waals surface area contributed by atoms with Crippen LogP contribution in [-0.4, -0.2) is 14.5 Å². The van der Waals surface area contributed by atoms with Crippen LogP contribution >= 0.6 is 0 Å². The molecule has 3 aromatic carbocycles. The SMILES string of the molecule is CC(C)(C)c1nccc2c1nc(-c1cccc3c1oc1ccccc13)n2-c1ccccc1. The zero-order valence-corrected chi connectivity index (χ0v) is 18.3. The van der Waals surface area contributed by atoms with Crippen molar-refractivity contribution in [2.75, 3.05) is 0 Å². The molecule has 0 aliphatic heterocycles. The summed E-state index contributed by atoms with van der Waals surface area (Å²) in [6.45, 7) is 6.53. The van der Waals surface area contributed by atoms with Crippen LogP contribution in [0.25, 0.3) is 50.0 Å². The lowest BCUT2D eigenvalue weighted by Crippen LogP contribution is -2.14. The average Bonchev–Trinajstić information content (AvgIpc) is 3.37. The molecule has 3 aromatic heterocycles. The van der Waals surface area contributed by atoms with Crippen molar-refractivity contribution in [1.82, 2.24) is 14.5 Å². The highest BCUT2D eigenvalue weighted by atomic mass is 16.3. The fourth-order valence-electron chi connectivity index (χ4n) is 4.50.